The summed E-state index contributed by atoms with van der Waals surface area (Å²) in [5, 5.41) is 6.21. The van der Waals surface area contributed by atoms with E-state index in [0.29, 0.717) is 11.7 Å². The van der Waals surface area contributed by atoms with Crippen LogP contribution in [0.3, 0.4) is 0 Å². The van der Waals surface area contributed by atoms with E-state index in [2.05, 4.69) is 36.6 Å². The quantitative estimate of drug-likeness (QED) is 0.840. The van der Waals surface area contributed by atoms with E-state index in [4.69, 9.17) is 0 Å². The summed E-state index contributed by atoms with van der Waals surface area (Å²) in [7, 11) is 0. The van der Waals surface area contributed by atoms with Crippen molar-refractivity contribution in [1.82, 2.24) is 5.32 Å². The number of hydrogen-bond acceptors (Lipinski definition) is 3. The predicted octanol–water partition coefficient (Wildman–Crippen LogP) is 2.70. The summed E-state index contributed by atoms with van der Waals surface area (Å²) >= 11 is 1.72. The van der Waals surface area contributed by atoms with Gasteiger partial charge in [0.2, 0.25) is 5.91 Å². The molecule has 1 amide bonds. The molecule has 2 rings (SSSR count). The Morgan fingerprint density at radius 1 is 1.47 bits per heavy atom. The molecule has 0 spiro atoms. The molecule has 104 valence electrons. The fourth-order valence-corrected chi connectivity index (χ4v) is 2.90. The maximum atomic E-state index is 11.8. The molecule has 2 N–H and O–H groups in total. The lowest BCUT2D eigenvalue weighted by atomic mass is 10.0. The van der Waals surface area contributed by atoms with Crippen LogP contribution in [0.15, 0.2) is 24.3 Å². The third-order valence-electron chi connectivity index (χ3n) is 3.29. The molecule has 1 fully saturated rings. The van der Waals surface area contributed by atoms with Crippen molar-refractivity contribution in [1.29, 1.82) is 0 Å². The molecular formula is C15H22N2OS. The maximum Gasteiger partial charge on any atom is 0.234 e. The number of anilines is 1. The van der Waals surface area contributed by atoms with E-state index >= 15 is 0 Å². The Morgan fingerprint density at radius 2 is 2.26 bits per heavy atom. The van der Waals surface area contributed by atoms with Gasteiger partial charge in [-0.3, -0.25) is 4.79 Å². The van der Waals surface area contributed by atoms with Gasteiger partial charge in [0.1, 0.15) is 0 Å². The number of rotatable bonds is 6. The summed E-state index contributed by atoms with van der Waals surface area (Å²) in [6, 6.07) is 8.10. The van der Waals surface area contributed by atoms with Gasteiger partial charge in [-0.25, -0.2) is 0 Å². The standard InChI is InChI=1S/C15H22N2OS/c1-11(2)13-4-3-5-14(6-13)17-15(18)10-19-9-12-7-16-8-12/h3-6,11-12,16H,7-10H2,1-2H3,(H,17,18). The van der Waals surface area contributed by atoms with Crippen LogP contribution in [0.25, 0.3) is 0 Å². The first-order valence-electron chi connectivity index (χ1n) is 6.83. The van der Waals surface area contributed by atoms with Crippen LogP contribution in [-0.2, 0) is 4.79 Å². The Balaban J connectivity index is 1.75. The molecule has 3 nitrogen and oxygen atoms in total. The van der Waals surface area contributed by atoms with Crippen molar-refractivity contribution in [2.45, 2.75) is 19.8 Å². The van der Waals surface area contributed by atoms with Crippen LogP contribution in [0, 0.1) is 5.92 Å². The summed E-state index contributed by atoms with van der Waals surface area (Å²) in [6.07, 6.45) is 0. The molecular weight excluding hydrogens is 256 g/mol. The van der Waals surface area contributed by atoms with Crippen LogP contribution in [0.5, 0.6) is 0 Å². The fourth-order valence-electron chi connectivity index (χ4n) is 1.96. The SMILES string of the molecule is CC(C)c1cccc(NC(=O)CSCC2CNC2)c1. The lowest BCUT2D eigenvalue weighted by molar-refractivity contribution is -0.113. The summed E-state index contributed by atoms with van der Waals surface area (Å²) in [5.74, 6) is 2.95. The number of thioether (sulfide) groups is 1. The van der Waals surface area contributed by atoms with Gasteiger partial charge in [0.25, 0.3) is 0 Å². The van der Waals surface area contributed by atoms with E-state index < -0.39 is 0 Å². The van der Waals surface area contributed by atoms with Crippen molar-refractivity contribution >= 4 is 23.4 Å². The highest BCUT2D eigenvalue weighted by Crippen LogP contribution is 2.19. The minimum atomic E-state index is 0.0955. The predicted molar refractivity (Wildman–Crippen MR) is 82.8 cm³/mol. The summed E-state index contributed by atoms with van der Waals surface area (Å²) in [5.41, 5.74) is 2.16. The van der Waals surface area contributed by atoms with Gasteiger partial charge < -0.3 is 10.6 Å². The molecule has 1 aromatic carbocycles. The van der Waals surface area contributed by atoms with Gasteiger partial charge in [0, 0.05) is 5.69 Å². The zero-order valence-corrected chi connectivity index (χ0v) is 12.4. The van der Waals surface area contributed by atoms with Crippen molar-refractivity contribution in [3.05, 3.63) is 29.8 Å². The van der Waals surface area contributed by atoms with E-state index in [9.17, 15) is 4.79 Å². The molecule has 1 heterocycles. The average Bonchev–Trinajstić information content (AvgIpc) is 2.32. The normalized spacial score (nSPS) is 15.3. The van der Waals surface area contributed by atoms with Gasteiger partial charge in [0.15, 0.2) is 0 Å². The van der Waals surface area contributed by atoms with Crippen LogP contribution in [0.4, 0.5) is 5.69 Å². The molecule has 0 atom stereocenters. The molecule has 4 heteroatoms. The van der Waals surface area contributed by atoms with Gasteiger partial charge in [-0.05, 0) is 48.4 Å². The van der Waals surface area contributed by atoms with Crippen LogP contribution in [0.1, 0.15) is 25.3 Å². The van der Waals surface area contributed by atoms with Crippen molar-refractivity contribution in [3.63, 3.8) is 0 Å². The van der Waals surface area contributed by atoms with Crippen LogP contribution in [0.2, 0.25) is 0 Å². The second kappa shape index (κ2) is 6.96. The fraction of sp³-hybridized carbons (Fsp3) is 0.533. The molecule has 1 aliphatic rings. The van der Waals surface area contributed by atoms with Crippen molar-refractivity contribution < 1.29 is 4.79 Å². The number of hydrogen-bond donors (Lipinski definition) is 2. The largest absolute Gasteiger partial charge is 0.325 e. The molecule has 19 heavy (non-hydrogen) atoms. The van der Waals surface area contributed by atoms with Crippen LogP contribution < -0.4 is 10.6 Å². The second-order valence-electron chi connectivity index (χ2n) is 5.37. The Bertz CT molecular complexity index is 430. The van der Waals surface area contributed by atoms with E-state index in [1.54, 1.807) is 11.8 Å². The van der Waals surface area contributed by atoms with Gasteiger partial charge in [-0.15, -0.1) is 0 Å². The van der Waals surface area contributed by atoms with Crippen molar-refractivity contribution in [2.24, 2.45) is 5.92 Å². The molecule has 0 aliphatic carbocycles. The first-order chi connectivity index (χ1) is 9.15. The third kappa shape index (κ3) is 4.55. The monoisotopic (exact) mass is 278 g/mol. The van der Waals surface area contributed by atoms with E-state index in [1.165, 1.54) is 5.56 Å². The minimum Gasteiger partial charge on any atom is -0.325 e. The van der Waals surface area contributed by atoms with Gasteiger partial charge in [0.05, 0.1) is 5.75 Å². The third-order valence-corrected chi connectivity index (χ3v) is 4.46. The highest BCUT2D eigenvalue weighted by molar-refractivity contribution is 7.99. The van der Waals surface area contributed by atoms with Crippen molar-refractivity contribution in [2.75, 3.05) is 29.9 Å². The topological polar surface area (TPSA) is 41.1 Å². The van der Waals surface area contributed by atoms with E-state index in [-0.39, 0.29) is 5.91 Å². The lowest BCUT2D eigenvalue weighted by Crippen LogP contribution is -2.43. The number of carbonyl (C=O) groups excluding carboxylic acids is 1. The smallest absolute Gasteiger partial charge is 0.234 e. The highest BCUT2D eigenvalue weighted by atomic mass is 32.2. The second-order valence-corrected chi connectivity index (χ2v) is 6.40. The molecule has 0 saturated carbocycles. The highest BCUT2D eigenvalue weighted by Gasteiger charge is 2.16. The Hall–Kier alpha value is -1.00. The number of amides is 1. The van der Waals surface area contributed by atoms with Crippen molar-refractivity contribution in [3.8, 4) is 0 Å². The molecule has 1 saturated heterocycles. The number of carbonyl (C=O) groups is 1. The number of benzene rings is 1. The summed E-state index contributed by atoms with van der Waals surface area (Å²) in [6.45, 7) is 6.52. The van der Waals surface area contributed by atoms with Crippen LogP contribution in [-0.4, -0.2) is 30.5 Å². The van der Waals surface area contributed by atoms with Gasteiger partial charge in [-0.1, -0.05) is 26.0 Å². The summed E-state index contributed by atoms with van der Waals surface area (Å²) in [4.78, 5) is 11.8. The van der Waals surface area contributed by atoms with Crippen LogP contribution >= 0.6 is 11.8 Å². The zero-order chi connectivity index (χ0) is 13.7. The lowest BCUT2D eigenvalue weighted by Gasteiger charge is -2.26. The summed E-state index contributed by atoms with van der Waals surface area (Å²) < 4.78 is 0. The zero-order valence-electron chi connectivity index (χ0n) is 11.6. The Labute approximate surface area is 119 Å². The molecule has 0 bridgehead atoms. The van der Waals surface area contributed by atoms with Gasteiger partial charge >= 0.3 is 0 Å². The first kappa shape index (κ1) is 14.4. The number of nitrogens with one attached hydrogen (secondary N) is 2. The molecule has 0 aromatic heterocycles. The molecule has 1 aromatic rings. The Kier molecular flexibility index (Phi) is 5.28. The maximum absolute atomic E-state index is 11.8. The average molecular weight is 278 g/mol. The molecule has 1 aliphatic heterocycles. The van der Waals surface area contributed by atoms with Gasteiger partial charge in [-0.2, -0.15) is 11.8 Å². The minimum absolute atomic E-state index is 0.0955. The first-order valence-corrected chi connectivity index (χ1v) is 7.99. The van der Waals surface area contributed by atoms with E-state index in [1.807, 2.05) is 12.1 Å². The Morgan fingerprint density at radius 3 is 2.89 bits per heavy atom. The van der Waals surface area contributed by atoms with E-state index in [0.717, 1.165) is 30.4 Å². The molecule has 0 radical (unpaired) electrons. The molecule has 0 unspecified atom stereocenters.